The first-order chi connectivity index (χ1) is 13.0. The highest BCUT2D eigenvalue weighted by atomic mass is 35.5. The van der Waals surface area contributed by atoms with E-state index >= 15 is 0 Å². The molecule has 158 valence electrons. The van der Waals surface area contributed by atoms with Gasteiger partial charge in [0.25, 0.3) is 11.8 Å². The number of hydrogen-bond acceptors (Lipinski definition) is 6. The number of nitrogens with two attached hydrogens (primary N) is 1. The molecule has 4 N–H and O–H groups in total. The summed E-state index contributed by atoms with van der Waals surface area (Å²) in [5.74, 6) is -2.04. The molecule has 0 aliphatic heterocycles. The summed E-state index contributed by atoms with van der Waals surface area (Å²) in [6.07, 6.45) is -4.84. The molecule has 0 unspecified atom stereocenters. The predicted molar refractivity (Wildman–Crippen MR) is 99.7 cm³/mol. The minimum absolute atomic E-state index is 0.277. The summed E-state index contributed by atoms with van der Waals surface area (Å²) in [7, 11) is -4.54. The zero-order chi connectivity index (χ0) is 22.4. The Morgan fingerprint density at radius 1 is 1.17 bits per heavy atom. The Bertz CT molecular complexity index is 1090. The van der Waals surface area contributed by atoms with Crippen LogP contribution in [0.4, 0.5) is 18.2 Å². The molecule has 0 spiro atoms. The molecule has 1 heterocycles. The van der Waals surface area contributed by atoms with Crippen molar-refractivity contribution in [2.24, 2.45) is 5.73 Å². The second-order valence-electron chi connectivity index (χ2n) is 6.36. The zero-order valence-electron chi connectivity index (χ0n) is 14.8. The van der Waals surface area contributed by atoms with Gasteiger partial charge in [0.2, 0.25) is 9.84 Å². The van der Waals surface area contributed by atoms with Crippen molar-refractivity contribution in [1.82, 2.24) is 0 Å². The van der Waals surface area contributed by atoms with E-state index < -0.39 is 53.1 Å². The van der Waals surface area contributed by atoms with E-state index in [0.29, 0.717) is 23.5 Å². The number of thiophene rings is 1. The van der Waals surface area contributed by atoms with Crippen LogP contribution >= 0.6 is 22.9 Å². The summed E-state index contributed by atoms with van der Waals surface area (Å²) < 4.78 is 64.0. The minimum Gasteiger partial charge on any atom is -0.381 e. The van der Waals surface area contributed by atoms with Gasteiger partial charge in [-0.15, -0.1) is 11.3 Å². The molecular weight excluding hydrogens is 457 g/mol. The Balaban J connectivity index is 2.60. The maximum atomic E-state index is 13.0. The molecule has 0 atom stereocenters. The topological polar surface area (TPSA) is 127 Å². The van der Waals surface area contributed by atoms with E-state index in [9.17, 15) is 36.3 Å². The molecule has 2 aromatic rings. The van der Waals surface area contributed by atoms with Gasteiger partial charge in [0.05, 0.1) is 16.0 Å². The van der Waals surface area contributed by atoms with Crippen molar-refractivity contribution < 1.29 is 36.3 Å². The number of benzene rings is 1. The number of amides is 2. The first-order valence-corrected chi connectivity index (χ1v) is 10.3. The highest BCUT2D eigenvalue weighted by molar-refractivity contribution is 7.93. The molecule has 2 amide bonds. The number of halogens is 4. The van der Waals surface area contributed by atoms with Crippen LogP contribution in [0.3, 0.4) is 0 Å². The van der Waals surface area contributed by atoms with E-state index in [4.69, 9.17) is 17.3 Å². The van der Waals surface area contributed by atoms with Crippen molar-refractivity contribution in [3.8, 4) is 0 Å². The lowest BCUT2D eigenvalue weighted by Crippen LogP contribution is -2.36. The zero-order valence-corrected chi connectivity index (χ0v) is 17.2. The first kappa shape index (κ1) is 23.1. The lowest BCUT2D eigenvalue weighted by Gasteiger charge is -2.16. The minimum atomic E-state index is -4.84. The van der Waals surface area contributed by atoms with Crippen LogP contribution in [0.15, 0.2) is 33.4 Å². The normalized spacial score (nSPS) is 12.7. The molecule has 0 radical (unpaired) electrons. The first-order valence-electron chi connectivity index (χ1n) is 7.64. The maximum absolute atomic E-state index is 13.0. The Labute approximate surface area is 172 Å². The summed E-state index contributed by atoms with van der Waals surface area (Å²) in [6.45, 7) is 2.31. The van der Waals surface area contributed by atoms with E-state index in [1.807, 2.05) is 0 Å². The van der Waals surface area contributed by atoms with Gasteiger partial charge < -0.3 is 16.2 Å². The molecular formula is C16H14ClF3N2O5S2. The number of primary amides is 1. The predicted octanol–water partition coefficient (Wildman–Crippen LogP) is 3.06. The van der Waals surface area contributed by atoms with Crippen LogP contribution in [0.1, 0.15) is 29.8 Å². The molecule has 7 nitrogen and oxygen atoms in total. The van der Waals surface area contributed by atoms with Crippen molar-refractivity contribution in [1.29, 1.82) is 0 Å². The van der Waals surface area contributed by atoms with Crippen LogP contribution in [0.2, 0.25) is 5.02 Å². The molecule has 13 heteroatoms. The van der Waals surface area contributed by atoms with Crippen molar-refractivity contribution in [3.05, 3.63) is 40.4 Å². The van der Waals surface area contributed by atoms with Gasteiger partial charge >= 0.3 is 6.18 Å². The summed E-state index contributed by atoms with van der Waals surface area (Å²) >= 11 is 6.03. The average molecular weight is 471 g/mol. The van der Waals surface area contributed by atoms with Crippen molar-refractivity contribution >= 4 is 49.6 Å². The van der Waals surface area contributed by atoms with Gasteiger partial charge in [-0.3, -0.25) is 9.59 Å². The van der Waals surface area contributed by atoms with Gasteiger partial charge in [0, 0.05) is 5.02 Å². The van der Waals surface area contributed by atoms with Crippen LogP contribution in [0, 0.1) is 0 Å². The molecule has 0 aliphatic carbocycles. The smallest absolute Gasteiger partial charge is 0.381 e. The molecule has 0 saturated heterocycles. The van der Waals surface area contributed by atoms with Gasteiger partial charge in [0.15, 0.2) is 0 Å². The van der Waals surface area contributed by atoms with E-state index in [-0.39, 0.29) is 10.6 Å². The maximum Gasteiger partial charge on any atom is 0.416 e. The SMILES string of the molecule is CC(C)(O)C(=O)Nc1sc(S(=O)(=O)c2cc(Cl)cc(C(F)(F)F)c2)cc1C(N)=O. The molecule has 2 rings (SSSR count). The fourth-order valence-corrected chi connectivity index (χ4v) is 5.17. The Morgan fingerprint density at radius 3 is 2.24 bits per heavy atom. The number of sulfone groups is 1. The number of rotatable bonds is 5. The molecule has 0 saturated carbocycles. The van der Waals surface area contributed by atoms with Gasteiger partial charge in [-0.2, -0.15) is 13.2 Å². The van der Waals surface area contributed by atoms with Gasteiger partial charge in [0.1, 0.15) is 14.8 Å². The van der Waals surface area contributed by atoms with Crippen LogP contribution in [-0.4, -0.2) is 30.9 Å². The number of carbonyl (C=O) groups is 2. The summed E-state index contributed by atoms with van der Waals surface area (Å²) in [5.41, 5.74) is 1.68. The fraction of sp³-hybridized carbons (Fsp3) is 0.250. The van der Waals surface area contributed by atoms with Gasteiger partial charge in [-0.1, -0.05) is 11.6 Å². The molecule has 1 aromatic heterocycles. The standard InChI is InChI=1S/C16H14ClF3N2O5S2/c1-15(2,25)14(24)22-13-10(12(21)23)6-11(28-13)29(26,27)9-4-7(16(18,19)20)3-8(17)5-9/h3-6,25H,1-2H3,(H2,21,23)(H,22,24). The van der Waals surface area contributed by atoms with Crippen molar-refractivity contribution in [2.75, 3.05) is 5.32 Å². The Kier molecular flexibility index (Phi) is 6.06. The summed E-state index contributed by atoms with van der Waals surface area (Å²) in [4.78, 5) is 22.8. The third-order valence-electron chi connectivity index (χ3n) is 3.53. The number of carbonyl (C=O) groups excluding carboxylic acids is 2. The fourth-order valence-electron chi connectivity index (χ4n) is 2.03. The number of alkyl halides is 3. The lowest BCUT2D eigenvalue weighted by atomic mass is 10.1. The number of nitrogens with one attached hydrogen (secondary N) is 1. The molecule has 0 bridgehead atoms. The van der Waals surface area contributed by atoms with Crippen LogP contribution in [0.5, 0.6) is 0 Å². The Hall–Kier alpha value is -2.15. The third-order valence-corrected chi connectivity index (χ3v) is 7.01. The quantitative estimate of drug-likeness (QED) is 0.619. The van der Waals surface area contributed by atoms with E-state index in [1.54, 1.807) is 0 Å². The molecule has 29 heavy (non-hydrogen) atoms. The second-order valence-corrected chi connectivity index (χ2v) is 10.0. The van der Waals surface area contributed by atoms with Crippen LogP contribution in [0.25, 0.3) is 0 Å². The Morgan fingerprint density at radius 2 is 1.76 bits per heavy atom. The molecule has 0 aliphatic rings. The number of aliphatic hydroxyl groups is 1. The van der Waals surface area contributed by atoms with E-state index in [1.165, 1.54) is 0 Å². The van der Waals surface area contributed by atoms with Crippen LogP contribution in [-0.2, 0) is 20.8 Å². The van der Waals surface area contributed by atoms with Crippen molar-refractivity contribution in [2.45, 2.75) is 34.7 Å². The molecule has 1 aromatic carbocycles. The second kappa shape index (κ2) is 7.59. The van der Waals surface area contributed by atoms with Gasteiger partial charge in [-0.25, -0.2) is 8.42 Å². The monoisotopic (exact) mass is 470 g/mol. The number of anilines is 1. The highest BCUT2D eigenvalue weighted by Gasteiger charge is 2.34. The van der Waals surface area contributed by atoms with Gasteiger partial charge in [-0.05, 0) is 38.1 Å². The molecule has 0 fully saturated rings. The summed E-state index contributed by atoms with van der Waals surface area (Å²) in [5, 5.41) is 11.1. The third kappa shape index (κ3) is 5.07. The van der Waals surface area contributed by atoms with Crippen LogP contribution < -0.4 is 11.1 Å². The number of hydrogen-bond donors (Lipinski definition) is 3. The van der Waals surface area contributed by atoms with Crippen molar-refractivity contribution in [3.63, 3.8) is 0 Å². The van der Waals surface area contributed by atoms with E-state index in [2.05, 4.69) is 5.32 Å². The average Bonchev–Trinajstić information content (AvgIpc) is 2.97. The highest BCUT2D eigenvalue weighted by Crippen LogP contribution is 2.38. The van der Waals surface area contributed by atoms with E-state index in [0.717, 1.165) is 26.0 Å². The summed E-state index contributed by atoms with van der Waals surface area (Å²) in [6, 6.07) is 2.63. The lowest BCUT2D eigenvalue weighted by molar-refractivity contribution is -0.137. The largest absolute Gasteiger partial charge is 0.416 e.